The monoisotopic (exact) mass is 367 g/mol. The lowest BCUT2D eigenvalue weighted by Crippen LogP contribution is -2.38. The third-order valence-corrected chi connectivity index (χ3v) is 5.15. The summed E-state index contributed by atoms with van der Waals surface area (Å²) < 4.78 is 1.41. The summed E-state index contributed by atoms with van der Waals surface area (Å²) in [6, 6.07) is 13.2. The second-order valence-corrected chi connectivity index (χ2v) is 7.85. The number of carbonyl (C=O) groups is 1. The Hall–Kier alpha value is -2.40. The van der Waals surface area contributed by atoms with Gasteiger partial charge in [0, 0.05) is 38.4 Å². The Balaban J connectivity index is 1.60. The minimum atomic E-state index is -0.165. The fraction of sp³-hybridized carbons (Fsp3) is 0.455. The number of aromatic nitrogens is 1. The molecule has 5 nitrogen and oxygen atoms in total. The van der Waals surface area contributed by atoms with Crippen LogP contribution in [0.1, 0.15) is 31.4 Å². The molecule has 2 heterocycles. The number of pyridine rings is 1. The number of amides is 1. The Kier molecular flexibility index (Phi) is 6.45. The number of benzene rings is 1. The van der Waals surface area contributed by atoms with Crippen molar-refractivity contribution >= 4 is 5.91 Å². The molecule has 1 aliphatic heterocycles. The van der Waals surface area contributed by atoms with Crippen LogP contribution in [0.25, 0.3) is 0 Å². The maximum Gasteiger partial charge on any atom is 0.250 e. The lowest BCUT2D eigenvalue weighted by molar-refractivity contribution is -0.121. The molecule has 1 saturated heterocycles. The van der Waals surface area contributed by atoms with E-state index in [4.69, 9.17) is 0 Å². The van der Waals surface area contributed by atoms with Gasteiger partial charge in [0.2, 0.25) is 5.91 Å². The molecule has 0 saturated carbocycles. The third kappa shape index (κ3) is 5.54. The van der Waals surface area contributed by atoms with Gasteiger partial charge < -0.3 is 9.88 Å². The van der Waals surface area contributed by atoms with Crippen LogP contribution in [0, 0.1) is 11.8 Å². The first-order chi connectivity index (χ1) is 13.0. The molecule has 1 fully saturated rings. The highest BCUT2D eigenvalue weighted by molar-refractivity contribution is 5.75. The number of nitrogens with zero attached hydrogens (tertiary/aromatic N) is 2. The summed E-state index contributed by atoms with van der Waals surface area (Å²) in [7, 11) is 0. The molecule has 2 aromatic rings. The third-order valence-electron chi connectivity index (χ3n) is 5.15. The SMILES string of the molecule is C[C@@H]1C[C@@H](C)CN(Cc2ccccc2CNC(=O)Cn2ccccc2=O)C1. The van der Waals surface area contributed by atoms with Crippen LogP contribution in [-0.2, 0) is 24.4 Å². The quantitative estimate of drug-likeness (QED) is 0.854. The molecule has 27 heavy (non-hydrogen) atoms. The van der Waals surface area contributed by atoms with Crippen LogP contribution in [-0.4, -0.2) is 28.5 Å². The Bertz CT molecular complexity index is 820. The van der Waals surface area contributed by atoms with Crippen LogP contribution in [0.15, 0.2) is 53.5 Å². The van der Waals surface area contributed by atoms with Crippen molar-refractivity contribution in [1.82, 2.24) is 14.8 Å². The van der Waals surface area contributed by atoms with Crippen LogP contribution in [0.3, 0.4) is 0 Å². The average molecular weight is 367 g/mol. The lowest BCUT2D eigenvalue weighted by atomic mass is 9.91. The molecule has 1 aliphatic rings. The summed E-state index contributed by atoms with van der Waals surface area (Å²) in [5.41, 5.74) is 2.23. The van der Waals surface area contributed by atoms with E-state index in [1.165, 1.54) is 22.6 Å². The Morgan fingerprint density at radius 2 is 1.70 bits per heavy atom. The molecule has 1 aromatic carbocycles. The van der Waals surface area contributed by atoms with E-state index in [-0.39, 0.29) is 18.0 Å². The highest BCUT2D eigenvalue weighted by Crippen LogP contribution is 2.23. The van der Waals surface area contributed by atoms with Gasteiger partial charge >= 0.3 is 0 Å². The van der Waals surface area contributed by atoms with Crippen LogP contribution >= 0.6 is 0 Å². The van der Waals surface area contributed by atoms with Crippen LogP contribution in [0.5, 0.6) is 0 Å². The van der Waals surface area contributed by atoms with E-state index in [1.807, 2.05) is 6.07 Å². The van der Waals surface area contributed by atoms with Gasteiger partial charge in [0.15, 0.2) is 0 Å². The molecule has 1 N–H and O–H groups in total. The molecular formula is C22H29N3O2. The largest absolute Gasteiger partial charge is 0.350 e. The first-order valence-electron chi connectivity index (χ1n) is 9.72. The first kappa shape index (κ1) is 19.4. The fourth-order valence-corrected chi connectivity index (χ4v) is 4.04. The minimum absolute atomic E-state index is 0.0446. The van der Waals surface area contributed by atoms with Gasteiger partial charge in [-0.3, -0.25) is 14.5 Å². The zero-order valence-electron chi connectivity index (χ0n) is 16.2. The first-order valence-corrected chi connectivity index (χ1v) is 9.72. The number of piperidine rings is 1. The van der Waals surface area contributed by atoms with Crippen molar-refractivity contribution in [1.29, 1.82) is 0 Å². The van der Waals surface area contributed by atoms with Crippen LogP contribution in [0.2, 0.25) is 0 Å². The highest BCUT2D eigenvalue weighted by Gasteiger charge is 2.22. The zero-order chi connectivity index (χ0) is 19.2. The molecule has 144 valence electrons. The van der Waals surface area contributed by atoms with Crippen LogP contribution < -0.4 is 10.9 Å². The molecule has 1 aromatic heterocycles. The van der Waals surface area contributed by atoms with E-state index >= 15 is 0 Å². The fourth-order valence-electron chi connectivity index (χ4n) is 4.04. The Labute approximate surface area is 161 Å². The molecule has 5 heteroatoms. The number of likely N-dealkylation sites (tertiary alicyclic amines) is 1. The van der Waals surface area contributed by atoms with Crippen molar-refractivity contribution in [2.24, 2.45) is 11.8 Å². The van der Waals surface area contributed by atoms with Gasteiger partial charge in [0.1, 0.15) is 6.54 Å². The summed E-state index contributed by atoms with van der Waals surface area (Å²) in [6.07, 6.45) is 2.93. The summed E-state index contributed by atoms with van der Waals surface area (Å²) in [4.78, 5) is 26.5. The molecule has 0 unspecified atom stereocenters. The van der Waals surface area contributed by atoms with Crippen molar-refractivity contribution in [3.8, 4) is 0 Å². The molecule has 2 atom stereocenters. The van der Waals surface area contributed by atoms with E-state index < -0.39 is 0 Å². The van der Waals surface area contributed by atoms with Gasteiger partial charge in [-0.2, -0.15) is 0 Å². The molecule has 0 spiro atoms. The lowest BCUT2D eigenvalue weighted by Gasteiger charge is -2.35. The molecular weight excluding hydrogens is 338 g/mol. The standard InChI is InChI=1S/C22H29N3O2/c1-17-11-18(2)14-24(13-17)15-20-8-4-3-7-19(20)12-23-21(26)16-25-10-6-5-9-22(25)27/h3-10,17-18H,11-16H2,1-2H3,(H,23,26)/t17-,18-/m1/s1. The maximum atomic E-state index is 12.2. The Morgan fingerprint density at radius 1 is 1.04 bits per heavy atom. The molecule has 0 radical (unpaired) electrons. The highest BCUT2D eigenvalue weighted by atomic mass is 16.2. The molecule has 3 rings (SSSR count). The summed E-state index contributed by atoms with van der Waals surface area (Å²) >= 11 is 0. The topological polar surface area (TPSA) is 54.3 Å². The second kappa shape index (κ2) is 9.00. The minimum Gasteiger partial charge on any atom is -0.350 e. The van der Waals surface area contributed by atoms with E-state index in [1.54, 1.807) is 18.3 Å². The summed E-state index contributed by atoms with van der Waals surface area (Å²) in [5.74, 6) is 1.30. The number of carbonyl (C=O) groups excluding carboxylic acids is 1. The average Bonchev–Trinajstić information content (AvgIpc) is 2.62. The van der Waals surface area contributed by atoms with Crippen molar-refractivity contribution in [3.05, 3.63) is 70.1 Å². The van der Waals surface area contributed by atoms with Crippen molar-refractivity contribution in [3.63, 3.8) is 0 Å². The Morgan fingerprint density at radius 3 is 2.41 bits per heavy atom. The molecule has 1 amide bonds. The summed E-state index contributed by atoms with van der Waals surface area (Å²) in [6.45, 7) is 8.34. The van der Waals surface area contributed by atoms with Crippen LogP contribution in [0.4, 0.5) is 0 Å². The van der Waals surface area contributed by atoms with E-state index in [2.05, 4.69) is 42.3 Å². The van der Waals surface area contributed by atoms with Gasteiger partial charge in [0.05, 0.1) is 0 Å². The smallest absolute Gasteiger partial charge is 0.250 e. The van der Waals surface area contributed by atoms with E-state index in [9.17, 15) is 9.59 Å². The normalized spacial score (nSPS) is 20.4. The van der Waals surface area contributed by atoms with Gasteiger partial charge in [-0.05, 0) is 35.4 Å². The predicted molar refractivity (Wildman–Crippen MR) is 107 cm³/mol. The number of hydrogen-bond acceptors (Lipinski definition) is 3. The number of nitrogens with one attached hydrogen (secondary N) is 1. The van der Waals surface area contributed by atoms with Crippen molar-refractivity contribution in [2.45, 2.75) is 39.9 Å². The number of rotatable bonds is 6. The van der Waals surface area contributed by atoms with E-state index in [0.717, 1.165) is 37.0 Å². The number of hydrogen-bond donors (Lipinski definition) is 1. The van der Waals surface area contributed by atoms with Gasteiger partial charge in [0.25, 0.3) is 5.56 Å². The summed E-state index contributed by atoms with van der Waals surface area (Å²) in [5, 5.41) is 2.95. The zero-order valence-corrected chi connectivity index (χ0v) is 16.2. The second-order valence-electron chi connectivity index (χ2n) is 7.85. The van der Waals surface area contributed by atoms with Crippen molar-refractivity contribution < 1.29 is 4.79 Å². The maximum absolute atomic E-state index is 12.2. The predicted octanol–water partition coefficient (Wildman–Crippen LogP) is 2.64. The van der Waals surface area contributed by atoms with Gasteiger partial charge in [-0.1, -0.05) is 44.2 Å². The molecule has 0 aliphatic carbocycles. The van der Waals surface area contributed by atoms with E-state index in [0.29, 0.717) is 6.54 Å². The van der Waals surface area contributed by atoms with Gasteiger partial charge in [-0.15, -0.1) is 0 Å². The molecule has 0 bridgehead atoms. The van der Waals surface area contributed by atoms with Crippen molar-refractivity contribution in [2.75, 3.05) is 13.1 Å². The van der Waals surface area contributed by atoms with Gasteiger partial charge in [-0.25, -0.2) is 0 Å².